The molecule has 0 N–H and O–H groups in total. The van der Waals surface area contributed by atoms with Crippen LogP contribution in [-0.2, 0) is 9.53 Å². The smallest absolute Gasteiger partial charge is 0.338 e. The van der Waals surface area contributed by atoms with Gasteiger partial charge in [0.15, 0.2) is 11.5 Å². The lowest BCUT2D eigenvalue weighted by atomic mass is 9.99. The van der Waals surface area contributed by atoms with E-state index in [2.05, 4.69) is 0 Å². The molecule has 2 aliphatic rings. The SMILES string of the molecule is COc1ccc(C(=O)OC2C[C@H]3CC[C@@H](C2)N3C(C)=O)cc1OC. The van der Waals surface area contributed by atoms with Gasteiger partial charge in [0.2, 0.25) is 5.91 Å². The van der Waals surface area contributed by atoms with Crippen LogP contribution in [0.5, 0.6) is 11.5 Å². The number of ether oxygens (including phenoxy) is 3. The average molecular weight is 333 g/mol. The largest absolute Gasteiger partial charge is 0.493 e. The summed E-state index contributed by atoms with van der Waals surface area (Å²) in [7, 11) is 3.08. The second kappa shape index (κ2) is 6.71. The number of hydrogen-bond donors (Lipinski definition) is 0. The fourth-order valence-electron chi connectivity index (χ4n) is 3.92. The van der Waals surface area contributed by atoms with E-state index in [4.69, 9.17) is 14.2 Å². The summed E-state index contributed by atoms with van der Waals surface area (Å²) in [6, 6.07) is 5.38. The van der Waals surface area contributed by atoms with Crippen LogP contribution in [0.2, 0.25) is 0 Å². The van der Waals surface area contributed by atoms with E-state index in [9.17, 15) is 9.59 Å². The molecule has 1 amide bonds. The van der Waals surface area contributed by atoms with E-state index in [0.29, 0.717) is 17.1 Å². The topological polar surface area (TPSA) is 65.1 Å². The van der Waals surface area contributed by atoms with Crippen molar-refractivity contribution in [1.82, 2.24) is 4.90 Å². The van der Waals surface area contributed by atoms with E-state index in [1.165, 1.54) is 7.11 Å². The summed E-state index contributed by atoms with van der Waals surface area (Å²) in [5.74, 6) is 0.823. The molecule has 2 fully saturated rings. The van der Waals surface area contributed by atoms with Crippen LogP contribution in [0, 0.1) is 0 Å². The Kier molecular flexibility index (Phi) is 4.64. The summed E-state index contributed by atoms with van der Waals surface area (Å²) in [5.41, 5.74) is 0.439. The van der Waals surface area contributed by atoms with Crippen LogP contribution < -0.4 is 9.47 Å². The van der Waals surface area contributed by atoms with E-state index < -0.39 is 0 Å². The summed E-state index contributed by atoms with van der Waals surface area (Å²) < 4.78 is 16.1. The Labute approximate surface area is 141 Å². The highest BCUT2D eigenvalue weighted by molar-refractivity contribution is 5.90. The number of nitrogens with zero attached hydrogens (tertiary/aromatic N) is 1. The Morgan fingerprint density at radius 3 is 2.21 bits per heavy atom. The highest BCUT2D eigenvalue weighted by atomic mass is 16.5. The van der Waals surface area contributed by atoms with Crippen LogP contribution >= 0.6 is 0 Å². The van der Waals surface area contributed by atoms with Crippen molar-refractivity contribution >= 4 is 11.9 Å². The van der Waals surface area contributed by atoms with Gasteiger partial charge in [-0.3, -0.25) is 4.79 Å². The molecule has 0 aliphatic carbocycles. The van der Waals surface area contributed by atoms with Gasteiger partial charge in [-0.05, 0) is 31.0 Å². The first-order valence-electron chi connectivity index (χ1n) is 8.25. The Hall–Kier alpha value is -2.24. The van der Waals surface area contributed by atoms with Gasteiger partial charge in [-0.15, -0.1) is 0 Å². The fraction of sp³-hybridized carbons (Fsp3) is 0.556. The maximum Gasteiger partial charge on any atom is 0.338 e. The van der Waals surface area contributed by atoms with Crippen molar-refractivity contribution in [3.63, 3.8) is 0 Å². The third-order valence-corrected chi connectivity index (χ3v) is 4.95. The molecule has 24 heavy (non-hydrogen) atoms. The third-order valence-electron chi connectivity index (χ3n) is 4.95. The molecule has 0 spiro atoms. The number of methoxy groups -OCH3 is 2. The van der Waals surface area contributed by atoms with E-state index in [1.54, 1.807) is 32.2 Å². The lowest BCUT2D eigenvalue weighted by Gasteiger charge is -2.38. The molecule has 0 radical (unpaired) electrons. The van der Waals surface area contributed by atoms with Crippen molar-refractivity contribution in [2.45, 2.75) is 50.8 Å². The zero-order valence-electron chi connectivity index (χ0n) is 14.3. The predicted molar refractivity (Wildman–Crippen MR) is 87.3 cm³/mol. The first-order chi connectivity index (χ1) is 11.5. The number of rotatable bonds is 4. The normalized spacial score (nSPS) is 25.3. The summed E-state index contributed by atoms with van der Waals surface area (Å²) in [6.07, 6.45) is 3.28. The zero-order valence-corrected chi connectivity index (χ0v) is 14.3. The second-order valence-corrected chi connectivity index (χ2v) is 6.38. The molecule has 1 aromatic carbocycles. The Balaban J connectivity index is 1.67. The molecular formula is C18H23NO5. The van der Waals surface area contributed by atoms with Crippen LogP contribution in [0.4, 0.5) is 0 Å². The molecule has 6 heteroatoms. The summed E-state index contributed by atoms with van der Waals surface area (Å²) in [6.45, 7) is 1.61. The van der Waals surface area contributed by atoms with E-state index in [1.807, 2.05) is 4.90 Å². The predicted octanol–water partition coefficient (Wildman–Crippen LogP) is 2.40. The van der Waals surface area contributed by atoms with E-state index in [0.717, 1.165) is 25.7 Å². The molecule has 2 heterocycles. The fourth-order valence-corrected chi connectivity index (χ4v) is 3.92. The van der Waals surface area contributed by atoms with Crippen LogP contribution in [0.25, 0.3) is 0 Å². The first kappa shape index (κ1) is 16.6. The maximum atomic E-state index is 12.4. The molecule has 130 valence electrons. The van der Waals surface area contributed by atoms with Crippen LogP contribution in [-0.4, -0.2) is 49.2 Å². The minimum absolute atomic E-state index is 0.118. The molecule has 3 atom stereocenters. The number of carbonyl (C=O) groups excluding carboxylic acids is 2. The van der Waals surface area contributed by atoms with Crippen molar-refractivity contribution in [2.75, 3.05) is 14.2 Å². The van der Waals surface area contributed by atoms with Gasteiger partial charge in [0.05, 0.1) is 19.8 Å². The number of esters is 1. The highest BCUT2D eigenvalue weighted by Gasteiger charge is 2.43. The van der Waals surface area contributed by atoms with Crippen molar-refractivity contribution in [3.05, 3.63) is 23.8 Å². The third kappa shape index (κ3) is 3.05. The van der Waals surface area contributed by atoms with Gasteiger partial charge in [-0.2, -0.15) is 0 Å². The van der Waals surface area contributed by atoms with Gasteiger partial charge in [0, 0.05) is 31.8 Å². The van der Waals surface area contributed by atoms with E-state index >= 15 is 0 Å². The minimum Gasteiger partial charge on any atom is -0.493 e. The Morgan fingerprint density at radius 1 is 1.04 bits per heavy atom. The molecular weight excluding hydrogens is 310 g/mol. The zero-order chi connectivity index (χ0) is 17.3. The van der Waals surface area contributed by atoms with Crippen LogP contribution in [0.3, 0.4) is 0 Å². The monoisotopic (exact) mass is 333 g/mol. The van der Waals surface area contributed by atoms with Crippen molar-refractivity contribution in [3.8, 4) is 11.5 Å². The number of benzene rings is 1. The minimum atomic E-state index is -0.364. The molecule has 2 aliphatic heterocycles. The van der Waals surface area contributed by atoms with Crippen molar-refractivity contribution in [2.24, 2.45) is 0 Å². The quantitative estimate of drug-likeness (QED) is 0.792. The number of fused-ring (bicyclic) bond motifs is 2. The lowest BCUT2D eigenvalue weighted by molar-refractivity contribution is -0.135. The molecule has 1 aromatic rings. The van der Waals surface area contributed by atoms with Gasteiger partial charge >= 0.3 is 5.97 Å². The molecule has 2 saturated heterocycles. The van der Waals surface area contributed by atoms with Crippen molar-refractivity contribution in [1.29, 1.82) is 0 Å². The molecule has 0 saturated carbocycles. The highest BCUT2D eigenvalue weighted by Crippen LogP contribution is 2.37. The maximum absolute atomic E-state index is 12.4. The molecule has 0 aromatic heterocycles. The number of amides is 1. The molecule has 2 bridgehead atoms. The van der Waals surface area contributed by atoms with Crippen molar-refractivity contribution < 1.29 is 23.8 Å². The number of piperidine rings is 1. The Bertz CT molecular complexity index is 630. The number of hydrogen-bond acceptors (Lipinski definition) is 5. The summed E-state index contributed by atoms with van der Waals surface area (Å²) >= 11 is 0. The van der Waals surface area contributed by atoms with Gasteiger partial charge in [0.1, 0.15) is 6.10 Å². The molecule has 1 unspecified atom stereocenters. The summed E-state index contributed by atoms with van der Waals surface area (Å²) in [4.78, 5) is 26.1. The average Bonchev–Trinajstić information content (AvgIpc) is 2.85. The standard InChI is InChI=1S/C18H23NO5/c1-11(20)19-13-5-6-14(19)10-15(9-13)24-18(21)12-4-7-16(22-2)17(8-12)23-3/h4,7-8,13-15H,5-6,9-10H2,1-3H3/t13-,14+,15?. The van der Waals surface area contributed by atoms with Gasteiger partial charge in [-0.1, -0.05) is 0 Å². The Morgan fingerprint density at radius 2 is 1.67 bits per heavy atom. The first-order valence-corrected chi connectivity index (χ1v) is 8.25. The van der Waals surface area contributed by atoms with Gasteiger partial charge in [0.25, 0.3) is 0 Å². The van der Waals surface area contributed by atoms with Gasteiger partial charge in [-0.25, -0.2) is 4.79 Å². The summed E-state index contributed by atoms with van der Waals surface area (Å²) in [5, 5.41) is 0. The van der Waals surface area contributed by atoms with Crippen LogP contribution in [0.15, 0.2) is 18.2 Å². The second-order valence-electron chi connectivity index (χ2n) is 6.38. The van der Waals surface area contributed by atoms with E-state index in [-0.39, 0.29) is 30.1 Å². The molecule has 3 rings (SSSR count). The van der Waals surface area contributed by atoms with Gasteiger partial charge < -0.3 is 19.1 Å². The van der Waals surface area contributed by atoms with Crippen LogP contribution in [0.1, 0.15) is 43.0 Å². The lowest BCUT2D eigenvalue weighted by Crippen LogP contribution is -2.48. The molecule has 6 nitrogen and oxygen atoms in total. The number of carbonyl (C=O) groups is 2.